The molecule has 1 fully saturated rings. The number of hydrogen-bond donors (Lipinski definition) is 0. The molecule has 2 rings (SSSR count). The van der Waals surface area contributed by atoms with Gasteiger partial charge in [0.05, 0.1) is 11.0 Å². The molecule has 2 heterocycles. The second kappa shape index (κ2) is 6.86. The maximum atomic E-state index is 12.6. The van der Waals surface area contributed by atoms with E-state index in [1.54, 1.807) is 45.3 Å². The fraction of sp³-hybridized carbons (Fsp3) is 0.625. The van der Waals surface area contributed by atoms with Crippen LogP contribution in [0.4, 0.5) is 4.79 Å². The second-order valence-electron chi connectivity index (χ2n) is 6.85. The van der Waals surface area contributed by atoms with Crippen molar-refractivity contribution in [2.75, 3.05) is 13.1 Å². The van der Waals surface area contributed by atoms with E-state index in [0.29, 0.717) is 19.4 Å². The van der Waals surface area contributed by atoms with E-state index in [2.05, 4.69) is 4.98 Å². The van der Waals surface area contributed by atoms with Crippen molar-refractivity contribution in [1.82, 2.24) is 9.88 Å². The molecule has 1 saturated heterocycles. The Kier molecular flexibility index (Phi) is 5.29. The number of amides is 1. The molecule has 0 N–H and O–H groups in total. The van der Waals surface area contributed by atoms with Gasteiger partial charge in [-0.25, -0.2) is 13.2 Å². The Hall–Kier alpha value is -1.63. The Morgan fingerprint density at radius 1 is 1.35 bits per heavy atom. The Morgan fingerprint density at radius 3 is 2.61 bits per heavy atom. The third-order valence-electron chi connectivity index (χ3n) is 3.65. The average molecular weight is 340 g/mol. The molecule has 0 saturated carbocycles. The molecule has 6 nitrogen and oxygen atoms in total. The third kappa shape index (κ3) is 5.20. The molecule has 7 heteroatoms. The topological polar surface area (TPSA) is 76.6 Å². The molecule has 0 spiro atoms. The lowest BCUT2D eigenvalue weighted by atomic mass is 10.1. The highest BCUT2D eigenvalue weighted by atomic mass is 32.2. The highest BCUT2D eigenvalue weighted by Crippen LogP contribution is 2.22. The number of likely N-dealkylation sites (tertiary alicyclic amines) is 1. The van der Waals surface area contributed by atoms with Gasteiger partial charge >= 0.3 is 6.09 Å². The zero-order valence-electron chi connectivity index (χ0n) is 13.9. The van der Waals surface area contributed by atoms with Crippen LogP contribution in [-0.2, 0) is 20.3 Å². The summed E-state index contributed by atoms with van der Waals surface area (Å²) in [5.74, 6) is -0.0255. The predicted molar refractivity (Wildman–Crippen MR) is 87.7 cm³/mol. The zero-order chi connectivity index (χ0) is 17.1. The molecule has 0 bridgehead atoms. The summed E-state index contributed by atoms with van der Waals surface area (Å²) in [6.45, 7) is 6.13. The summed E-state index contributed by atoms with van der Waals surface area (Å²) in [5.41, 5.74) is 0.134. The van der Waals surface area contributed by atoms with Crippen LogP contribution in [0.2, 0.25) is 0 Å². The monoisotopic (exact) mass is 340 g/mol. The van der Waals surface area contributed by atoms with Crippen molar-refractivity contribution in [2.45, 2.75) is 50.2 Å². The fourth-order valence-electron chi connectivity index (χ4n) is 2.55. The number of pyridine rings is 1. The minimum Gasteiger partial charge on any atom is -0.444 e. The Morgan fingerprint density at radius 2 is 2.00 bits per heavy atom. The van der Waals surface area contributed by atoms with Crippen LogP contribution < -0.4 is 0 Å². The van der Waals surface area contributed by atoms with Gasteiger partial charge in [-0.15, -0.1) is 0 Å². The van der Waals surface area contributed by atoms with E-state index in [-0.39, 0.29) is 12.3 Å². The van der Waals surface area contributed by atoms with Crippen molar-refractivity contribution in [1.29, 1.82) is 0 Å². The predicted octanol–water partition coefficient (Wildman–Crippen LogP) is 2.40. The van der Waals surface area contributed by atoms with E-state index >= 15 is 0 Å². The van der Waals surface area contributed by atoms with Crippen LogP contribution in [0, 0.1) is 0 Å². The highest BCUT2D eigenvalue weighted by molar-refractivity contribution is 7.91. The number of sulfone groups is 1. The Labute approximate surface area is 137 Å². The summed E-state index contributed by atoms with van der Waals surface area (Å²) < 4.78 is 30.6. The molecule has 1 aliphatic rings. The van der Waals surface area contributed by atoms with Gasteiger partial charge in [-0.05, 0) is 51.3 Å². The minimum absolute atomic E-state index is 0.0255. The molecule has 1 aliphatic heterocycles. The lowest BCUT2D eigenvalue weighted by molar-refractivity contribution is 0.0219. The van der Waals surface area contributed by atoms with Crippen molar-refractivity contribution in [3.05, 3.63) is 30.1 Å². The van der Waals surface area contributed by atoms with Crippen molar-refractivity contribution in [3.63, 3.8) is 0 Å². The quantitative estimate of drug-likeness (QED) is 0.844. The van der Waals surface area contributed by atoms with Gasteiger partial charge in [0.2, 0.25) is 0 Å². The Bertz CT molecular complexity index is 638. The molecule has 1 atom stereocenters. The van der Waals surface area contributed by atoms with Crippen LogP contribution >= 0.6 is 0 Å². The zero-order valence-corrected chi connectivity index (χ0v) is 14.7. The molecular formula is C16H24N2O4S. The maximum Gasteiger partial charge on any atom is 0.410 e. The van der Waals surface area contributed by atoms with Gasteiger partial charge in [0.15, 0.2) is 9.84 Å². The van der Waals surface area contributed by atoms with Crippen LogP contribution in [0.3, 0.4) is 0 Å². The molecule has 0 aliphatic carbocycles. The van der Waals surface area contributed by atoms with Crippen molar-refractivity contribution in [3.8, 4) is 0 Å². The molecule has 0 radical (unpaired) electrons. The van der Waals surface area contributed by atoms with Gasteiger partial charge in [0.25, 0.3) is 0 Å². The molecule has 1 aromatic rings. The minimum atomic E-state index is -3.32. The molecule has 0 unspecified atom stereocenters. The fourth-order valence-corrected chi connectivity index (χ4v) is 4.38. The standard InChI is InChI=1S/C16H24N2O4S/c1-16(2,3)22-15(19)18-10-4-5-14(11-18)23(20,21)12-13-6-8-17-9-7-13/h6-9,14H,4-5,10-12H2,1-3H3/t14-/m0/s1. The Balaban J connectivity index is 2.04. The van der Waals surface area contributed by atoms with Crippen LogP contribution in [0.15, 0.2) is 24.5 Å². The molecule has 0 aromatic carbocycles. The van der Waals surface area contributed by atoms with E-state index in [1.807, 2.05) is 0 Å². The number of ether oxygens (including phenoxy) is 1. The summed E-state index contributed by atoms with van der Waals surface area (Å²) in [4.78, 5) is 17.5. The summed E-state index contributed by atoms with van der Waals surface area (Å²) in [6.07, 6.45) is 3.96. The van der Waals surface area contributed by atoms with Crippen LogP contribution in [0.5, 0.6) is 0 Å². The summed E-state index contributed by atoms with van der Waals surface area (Å²) >= 11 is 0. The number of carbonyl (C=O) groups excluding carboxylic acids is 1. The van der Waals surface area contributed by atoms with Crippen molar-refractivity contribution in [2.24, 2.45) is 0 Å². The first-order chi connectivity index (χ1) is 10.7. The van der Waals surface area contributed by atoms with Crippen LogP contribution in [-0.4, -0.2) is 48.3 Å². The van der Waals surface area contributed by atoms with E-state index in [1.165, 1.54) is 4.90 Å². The van der Waals surface area contributed by atoms with E-state index in [0.717, 1.165) is 5.56 Å². The van der Waals surface area contributed by atoms with Crippen LogP contribution in [0.1, 0.15) is 39.2 Å². The number of aromatic nitrogens is 1. The molecule has 1 amide bonds. The van der Waals surface area contributed by atoms with Gasteiger partial charge in [-0.3, -0.25) is 4.98 Å². The van der Waals surface area contributed by atoms with Crippen molar-refractivity contribution >= 4 is 15.9 Å². The largest absolute Gasteiger partial charge is 0.444 e. The number of rotatable bonds is 3. The average Bonchev–Trinajstić information content (AvgIpc) is 2.46. The van der Waals surface area contributed by atoms with Gasteiger partial charge < -0.3 is 9.64 Å². The third-order valence-corrected chi connectivity index (χ3v) is 5.79. The molecule has 23 heavy (non-hydrogen) atoms. The lowest BCUT2D eigenvalue weighted by Gasteiger charge is -2.33. The summed E-state index contributed by atoms with van der Waals surface area (Å²) in [5, 5.41) is -0.545. The van der Waals surface area contributed by atoms with Gasteiger partial charge in [0, 0.05) is 25.5 Å². The van der Waals surface area contributed by atoms with Gasteiger partial charge in [-0.2, -0.15) is 0 Å². The van der Waals surface area contributed by atoms with E-state index in [4.69, 9.17) is 4.74 Å². The van der Waals surface area contributed by atoms with E-state index in [9.17, 15) is 13.2 Å². The smallest absolute Gasteiger partial charge is 0.410 e. The highest BCUT2D eigenvalue weighted by Gasteiger charge is 2.34. The maximum absolute atomic E-state index is 12.6. The molecule has 128 valence electrons. The van der Waals surface area contributed by atoms with E-state index < -0.39 is 26.8 Å². The van der Waals surface area contributed by atoms with Gasteiger partial charge in [-0.1, -0.05) is 0 Å². The van der Waals surface area contributed by atoms with Crippen LogP contribution in [0.25, 0.3) is 0 Å². The number of hydrogen-bond acceptors (Lipinski definition) is 5. The molecular weight excluding hydrogens is 316 g/mol. The second-order valence-corrected chi connectivity index (χ2v) is 9.13. The number of carbonyl (C=O) groups is 1. The number of nitrogens with zero attached hydrogens (tertiary/aromatic N) is 2. The first kappa shape index (κ1) is 17.7. The first-order valence-corrected chi connectivity index (χ1v) is 9.47. The summed E-state index contributed by atoms with van der Waals surface area (Å²) in [6, 6.07) is 3.40. The first-order valence-electron chi connectivity index (χ1n) is 7.76. The number of piperidine rings is 1. The van der Waals surface area contributed by atoms with Crippen molar-refractivity contribution < 1.29 is 17.9 Å². The lowest BCUT2D eigenvalue weighted by Crippen LogP contribution is -2.47. The molecule has 1 aromatic heterocycles. The van der Waals surface area contributed by atoms with Gasteiger partial charge in [0.1, 0.15) is 5.60 Å². The SMILES string of the molecule is CC(C)(C)OC(=O)N1CCC[C@H](S(=O)(=O)Cc2ccncc2)C1. The summed E-state index contributed by atoms with van der Waals surface area (Å²) in [7, 11) is -3.32. The normalized spacial score (nSPS) is 19.4.